The van der Waals surface area contributed by atoms with Crippen LogP contribution in [0.2, 0.25) is 0 Å². The second-order valence-corrected chi connectivity index (χ2v) is 4.80. The van der Waals surface area contributed by atoms with E-state index >= 15 is 0 Å². The van der Waals surface area contributed by atoms with Crippen LogP contribution in [0.5, 0.6) is 11.5 Å². The largest absolute Gasteiger partial charge is 0.493 e. The summed E-state index contributed by atoms with van der Waals surface area (Å²) in [6.45, 7) is 1.90. The fraction of sp³-hybridized carbons (Fsp3) is 0.467. The molecule has 0 spiro atoms. The van der Waals surface area contributed by atoms with Gasteiger partial charge in [0.05, 0.1) is 30.3 Å². The Hall–Kier alpha value is -2.44. The summed E-state index contributed by atoms with van der Waals surface area (Å²) in [6, 6.07) is 2.48. The topological polar surface area (TPSA) is 95.7 Å². The molecular weight excluding hydrogens is 290 g/mol. The van der Waals surface area contributed by atoms with Crippen molar-refractivity contribution in [1.29, 1.82) is 0 Å². The van der Waals surface area contributed by atoms with E-state index in [0.717, 1.165) is 19.3 Å². The molecule has 1 aromatic carbocycles. The van der Waals surface area contributed by atoms with E-state index in [0.29, 0.717) is 19.3 Å². The van der Waals surface area contributed by atoms with Gasteiger partial charge in [-0.3, -0.25) is 14.9 Å². The van der Waals surface area contributed by atoms with E-state index in [-0.39, 0.29) is 28.5 Å². The van der Waals surface area contributed by atoms with Crippen LogP contribution < -0.4 is 9.47 Å². The van der Waals surface area contributed by atoms with Crippen LogP contribution in [-0.4, -0.2) is 30.7 Å². The highest BCUT2D eigenvalue weighted by atomic mass is 16.6. The number of unbranched alkanes of at least 4 members (excludes halogenated alkanes) is 2. The molecule has 0 saturated heterocycles. The van der Waals surface area contributed by atoms with Crippen LogP contribution in [0.1, 0.15) is 43.0 Å². The quantitative estimate of drug-likeness (QED) is 0.285. The molecule has 0 fully saturated rings. The van der Waals surface area contributed by atoms with Crippen molar-refractivity contribution in [2.24, 2.45) is 0 Å². The molecule has 0 aromatic heterocycles. The number of carbonyl (C=O) groups excluding carboxylic acids is 2. The van der Waals surface area contributed by atoms with Gasteiger partial charge in [0.25, 0.3) is 5.69 Å². The van der Waals surface area contributed by atoms with Gasteiger partial charge in [-0.2, -0.15) is 0 Å². The minimum atomic E-state index is -0.636. The monoisotopic (exact) mass is 309 g/mol. The van der Waals surface area contributed by atoms with Crippen LogP contribution in [0.25, 0.3) is 0 Å². The number of ketones is 1. The van der Waals surface area contributed by atoms with Crippen LogP contribution in [0.15, 0.2) is 12.1 Å². The molecule has 7 nitrogen and oxygen atoms in total. The third kappa shape index (κ3) is 5.16. The summed E-state index contributed by atoms with van der Waals surface area (Å²) in [5, 5.41) is 10.9. The average Bonchev–Trinajstić information content (AvgIpc) is 2.49. The van der Waals surface area contributed by atoms with Gasteiger partial charge in [-0.25, -0.2) is 0 Å². The first-order chi connectivity index (χ1) is 10.5. The van der Waals surface area contributed by atoms with E-state index in [2.05, 4.69) is 0 Å². The summed E-state index contributed by atoms with van der Waals surface area (Å²) in [5.74, 6) is 0.658. The van der Waals surface area contributed by atoms with Gasteiger partial charge < -0.3 is 14.3 Å². The number of nitro groups is 1. The summed E-state index contributed by atoms with van der Waals surface area (Å²) in [5.41, 5.74) is -0.377. The van der Waals surface area contributed by atoms with E-state index in [1.807, 2.05) is 0 Å². The number of ether oxygens (including phenoxy) is 2. The van der Waals surface area contributed by atoms with Crippen molar-refractivity contribution in [2.75, 3.05) is 13.7 Å². The van der Waals surface area contributed by atoms with Crippen LogP contribution in [-0.2, 0) is 4.79 Å². The Morgan fingerprint density at radius 3 is 2.55 bits per heavy atom. The van der Waals surface area contributed by atoms with Crippen molar-refractivity contribution >= 4 is 17.8 Å². The Morgan fingerprint density at radius 2 is 2.00 bits per heavy atom. The number of rotatable bonds is 10. The molecule has 0 N–H and O–H groups in total. The van der Waals surface area contributed by atoms with Crippen LogP contribution in [0.3, 0.4) is 0 Å². The molecule has 0 aliphatic heterocycles. The van der Waals surface area contributed by atoms with Gasteiger partial charge in [0.1, 0.15) is 5.78 Å². The molecule has 1 rings (SSSR count). The zero-order chi connectivity index (χ0) is 16.5. The van der Waals surface area contributed by atoms with Gasteiger partial charge in [-0.15, -0.1) is 0 Å². The molecule has 0 aliphatic rings. The maximum atomic E-state index is 10.9. The molecule has 120 valence electrons. The Kier molecular flexibility index (Phi) is 7.01. The number of nitrogens with zero attached hydrogens (tertiary/aromatic N) is 1. The molecule has 0 bridgehead atoms. The average molecular weight is 309 g/mol. The van der Waals surface area contributed by atoms with E-state index in [4.69, 9.17) is 9.47 Å². The summed E-state index contributed by atoms with van der Waals surface area (Å²) in [6.07, 6.45) is 3.30. The van der Waals surface area contributed by atoms with Gasteiger partial charge in [0.2, 0.25) is 0 Å². The van der Waals surface area contributed by atoms with Gasteiger partial charge in [0.15, 0.2) is 17.8 Å². The lowest BCUT2D eigenvalue weighted by molar-refractivity contribution is -0.385. The number of methoxy groups -OCH3 is 1. The van der Waals surface area contributed by atoms with E-state index in [1.54, 1.807) is 6.92 Å². The molecule has 0 amide bonds. The number of carbonyl (C=O) groups is 2. The van der Waals surface area contributed by atoms with Gasteiger partial charge >= 0.3 is 0 Å². The highest BCUT2D eigenvalue weighted by Gasteiger charge is 2.19. The molecule has 0 unspecified atom stereocenters. The smallest absolute Gasteiger partial charge is 0.283 e. The lowest BCUT2D eigenvalue weighted by atomic mass is 10.1. The lowest BCUT2D eigenvalue weighted by Crippen LogP contribution is -2.03. The van der Waals surface area contributed by atoms with Crippen molar-refractivity contribution < 1.29 is 24.0 Å². The number of nitro benzene ring substituents is 1. The zero-order valence-corrected chi connectivity index (χ0v) is 12.7. The van der Waals surface area contributed by atoms with Crippen molar-refractivity contribution in [1.82, 2.24) is 0 Å². The normalized spacial score (nSPS) is 10.1. The van der Waals surface area contributed by atoms with Crippen LogP contribution in [0, 0.1) is 10.1 Å². The zero-order valence-electron chi connectivity index (χ0n) is 12.7. The summed E-state index contributed by atoms with van der Waals surface area (Å²) < 4.78 is 10.6. The number of hydrogen-bond donors (Lipinski definition) is 0. The predicted molar refractivity (Wildman–Crippen MR) is 79.7 cm³/mol. The van der Waals surface area contributed by atoms with Crippen molar-refractivity contribution in [3.63, 3.8) is 0 Å². The fourth-order valence-electron chi connectivity index (χ4n) is 1.92. The highest BCUT2D eigenvalue weighted by Crippen LogP contribution is 2.34. The highest BCUT2D eigenvalue weighted by molar-refractivity contribution is 5.83. The molecule has 7 heteroatoms. The third-order valence-corrected chi connectivity index (χ3v) is 3.07. The number of hydrogen-bond acceptors (Lipinski definition) is 6. The Labute approximate surface area is 128 Å². The van der Waals surface area contributed by atoms with E-state index in [9.17, 15) is 19.7 Å². The summed E-state index contributed by atoms with van der Waals surface area (Å²) >= 11 is 0. The number of aldehydes is 1. The fourth-order valence-corrected chi connectivity index (χ4v) is 1.92. The van der Waals surface area contributed by atoms with Crippen molar-refractivity contribution in [2.45, 2.75) is 32.6 Å². The summed E-state index contributed by atoms with van der Waals surface area (Å²) in [4.78, 5) is 32.0. The van der Waals surface area contributed by atoms with Gasteiger partial charge in [-0.1, -0.05) is 0 Å². The SMILES string of the molecule is COc1cc(C=O)c([N+](=O)[O-])cc1OCCCCCC(C)=O. The first kappa shape index (κ1) is 17.6. The standard InChI is InChI=1S/C15H19NO6/c1-11(18)6-4-3-5-7-22-15-9-13(16(19)20)12(10-17)8-14(15)21-2/h8-10H,3-7H2,1-2H3. The maximum absolute atomic E-state index is 10.9. The molecule has 0 aliphatic carbocycles. The Balaban J connectivity index is 2.68. The Morgan fingerprint density at radius 1 is 1.27 bits per heavy atom. The predicted octanol–water partition coefficient (Wildman–Crippen LogP) is 2.94. The molecular formula is C15H19NO6. The van der Waals surface area contributed by atoms with Gasteiger partial charge in [-0.05, 0) is 26.2 Å². The van der Waals surface area contributed by atoms with Gasteiger partial charge in [0, 0.05) is 12.5 Å². The number of Topliss-reactive ketones (excluding diaryl/α,β-unsaturated/α-hetero) is 1. The van der Waals surface area contributed by atoms with E-state index in [1.165, 1.54) is 19.2 Å². The second-order valence-electron chi connectivity index (χ2n) is 4.80. The first-order valence-electron chi connectivity index (χ1n) is 6.93. The molecule has 0 saturated carbocycles. The third-order valence-electron chi connectivity index (χ3n) is 3.07. The summed E-state index contributed by atoms with van der Waals surface area (Å²) in [7, 11) is 1.40. The molecule has 1 aromatic rings. The second kappa shape index (κ2) is 8.76. The minimum Gasteiger partial charge on any atom is -0.493 e. The maximum Gasteiger partial charge on any atom is 0.283 e. The first-order valence-corrected chi connectivity index (χ1v) is 6.93. The Bertz CT molecular complexity index is 555. The van der Waals surface area contributed by atoms with Crippen LogP contribution in [0.4, 0.5) is 5.69 Å². The molecule has 0 heterocycles. The van der Waals surface area contributed by atoms with Crippen LogP contribution >= 0.6 is 0 Å². The molecule has 0 radical (unpaired) electrons. The van der Waals surface area contributed by atoms with Crippen molar-refractivity contribution in [3.8, 4) is 11.5 Å². The minimum absolute atomic E-state index is 0.0596. The molecule has 22 heavy (non-hydrogen) atoms. The van der Waals surface area contributed by atoms with E-state index < -0.39 is 4.92 Å². The van der Waals surface area contributed by atoms with Crippen molar-refractivity contribution in [3.05, 3.63) is 27.8 Å². The molecule has 0 atom stereocenters. The lowest BCUT2D eigenvalue weighted by Gasteiger charge is -2.11. The number of benzene rings is 1.